The first kappa shape index (κ1) is 16.1. The second kappa shape index (κ2) is 5.47. The molecule has 2 aromatic rings. The lowest BCUT2D eigenvalue weighted by molar-refractivity contribution is -0.143. The molecule has 0 aliphatic heterocycles. The predicted molar refractivity (Wildman–Crippen MR) is 71.5 cm³/mol. The van der Waals surface area contributed by atoms with Crippen LogP contribution in [-0.2, 0) is 19.8 Å². The highest BCUT2D eigenvalue weighted by atomic mass is 35.5. The van der Waals surface area contributed by atoms with Gasteiger partial charge in [-0.15, -0.1) is 0 Å². The van der Waals surface area contributed by atoms with Crippen molar-refractivity contribution in [2.45, 2.75) is 12.7 Å². The Balaban J connectivity index is 2.69. The summed E-state index contributed by atoms with van der Waals surface area (Å²) in [5.74, 6) is -0.828. The van der Waals surface area contributed by atoms with Crippen molar-refractivity contribution in [1.82, 2.24) is 9.78 Å². The largest absolute Gasteiger partial charge is 0.434 e. The zero-order valence-corrected chi connectivity index (χ0v) is 12.1. The van der Waals surface area contributed by atoms with Crippen molar-refractivity contribution in [2.24, 2.45) is 12.8 Å². The minimum atomic E-state index is -4.70. The van der Waals surface area contributed by atoms with E-state index in [1.54, 1.807) is 0 Å². The van der Waals surface area contributed by atoms with Gasteiger partial charge in [-0.2, -0.15) is 18.3 Å². The lowest BCUT2D eigenvalue weighted by Crippen LogP contribution is -2.12. The van der Waals surface area contributed by atoms with Crippen molar-refractivity contribution in [1.29, 1.82) is 0 Å². The molecule has 0 unspecified atom stereocenters. The summed E-state index contributed by atoms with van der Waals surface area (Å²) >= 11 is 11.5. The molecule has 0 bridgehead atoms. The van der Waals surface area contributed by atoms with E-state index in [0.717, 1.165) is 13.1 Å². The van der Waals surface area contributed by atoms with E-state index in [0.29, 0.717) is 10.2 Å². The molecule has 2 rings (SSSR count). The van der Waals surface area contributed by atoms with Crippen LogP contribution in [0.5, 0.6) is 0 Å². The van der Waals surface area contributed by atoms with Gasteiger partial charge in [0.25, 0.3) is 0 Å². The van der Waals surface area contributed by atoms with Crippen molar-refractivity contribution in [3.8, 4) is 11.3 Å². The molecule has 0 saturated carbocycles. The van der Waals surface area contributed by atoms with E-state index >= 15 is 0 Å². The first-order valence-electron chi connectivity index (χ1n) is 5.64. The smallest absolute Gasteiger partial charge is 0.326 e. The number of halogens is 6. The van der Waals surface area contributed by atoms with E-state index in [9.17, 15) is 17.6 Å². The molecule has 3 nitrogen and oxygen atoms in total. The van der Waals surface area contributed by atoms with Crippen LogP contribution < -0.4 is 5.73 Å². The van der Waals surface area contributed by atoms with Crippen LogP contribution in [0.25, 0.3) is 11.3 Å². The van der Waals surface area contributed by atoms with Crippen LogP contribution in [0.4, 0.5) is 17.6 Å². The molecule has 0 radical (unpaired) electrons. The number of benzene rings is 1. The molecule has 1 heterocycles. The van der Waals surface area contributed by atoms with Gasteiger partial charge in [-0.1, -0.05) is 23.2 Å². The zero-order chi connectivity index (χ0) is 15.9. The predicted octanol–water partition coefficient (Wildman–Crippen LogP) is 4.01. The van der Waals surface area contributed by atoms with Gasteiger partial charge in [-0.25, -0.2) is 4.39 Å². The van der Waals surface area contributed by atoms with Gasteiger partial charge in [0.15, 0.2) is 5.69 Å². The summed E-state index contributed by atoms with van der Waals surface area (Å²) in [4.78, 5) is 0. The van der Waals surface area contributed by atoms with Crippen LogP contribution >= 0.6 is 23.2 Å². The molecule has 1 aromatic heterocycles. The molecule has 114 valence electrons. The molecule has 21 heavy (non-hydrogen) atoms. The third-order valence-electron chi connectivity index (χ3n) is 2.87. The van der Waals surface area contributed by atoms with Crippen LogP contribution in [0.2, 0.25) is 10.0 Å². The second-order valence-corrected chi connectivity index (χ2v) is 5.05. The van der Waals surface area contributed by atoms with E-state index < -0.39 is 22.7 Å². The average molecular weight is 342 g/mol. The van der Waals surface area contributed by atoms with E-state index in [2.05, 4.69) is 5.10 Å². The van der Waals surface area contributed by atoms with Crippen LogP contribution in [0.3, 0.4) is 0 Å². The van der Waals surface area contributed by atoms with Crippen LogP contribution in [0.1, 0.15) is 11.3 Å². The number of aryl methyl sites for hydroxylation is 1. The summed E-state index contributed by atoms with van der Waals surface area (Å²) in [5, 5.41) is 3.07. The molecule has 0 fully saturated rings. The number of alkyl halides is 3. The first-order chi connectivity index (χ1) is 9.66. The number of nitrogens with zero attached hydrogens (tertiary/aromatic N) is 2. The molecule has 0 aliphatic rings. The highest BCUT2D eigenvalue weighted by molar-refractivity contribution is 6.34. The Bertz CT molecular complexity index is 695. The molecule has 9 heteroatoms. The standard InChI is InChI=1S/C12H9Cl2F4N3/c1-21-11(12(16,17)18)9(14)10(20-21)6-2-5(4-19)7(13)3-8(6)15/h2-3H,4,19H2,1H3. The highest BCUT2D eigenvalue weighted by Crippen LogP contribution is 2.40. The van der Waals surface area contributed by atoms with Crippen LogP contribution in [0, 0.1) is 5.82 Å². The molecule has 1 aromatic carbocycles. The van der Waals surface area contributed by atoms with E-state index in [1.807, 2.05) is 0 Å². The van der Waals surface area contributed by atoms with Crippen molar-refractivity contribution in [3.63, 3.8) is 0 Å². The molecule has 0 spiro atoms. The molecule has 2 N–H and O–H groups in total. The van der Waals surface area contributed by atoms with E-state index in [1.165, 1.54) is 6.07 Å². The fraction of sp³-hybridized carbons (Fsp3) is 0.250. The van der Waals surface area contributed by atoms with Gasteiger partial charge in [-0.05, 0) is 17.7 Å². The Labute approximate surface area is 127 Å². The Morgan fingerprint density at radius 3 is 2.38 bits per heavy atom. The Morgan fingerprint density at radius 2 is 1.90 bits per heavy atom. The maximum Gasteiger partial charge on any atom is 0.434 e. The summed E-state index contributed by atoms with van der Waals surface area (Å²) in [7, 11) is 1.08. The molecule has 0 amide bonds. The maximum atomic E-state index is 14.0. The van der Waals surface area contributed by atoms with Gasteiger partial charge in [0.2, 0.25) is 0 Å². The Hall–Kier alpha value is -1.31. The second-order valence-electron chi connectivity index (χ2n) is 4.26. The fourth-order valence-electron chi connectivity index (χ4n) is 1.91. The summed E-state index contributed by atoms with van der Waals surface area (Å²) in [6, 6.07) is 2.21. The summed E-state index contributed by atoms with van der Waals surface area (Å²) in [6.07, 6.45) is -4.70. The summed E-state index contributed by atoms with van der Waals surface area (Å²) < 4.78 is 53.1. The zero-order valence-electron chi connectivity index (χ0n) is 10.6. The van der Waals surface area contributed by atoms with Gasteiger partial charge in [0, 0.05) is 24.2 Å². The fourth-order valence-corrected chi connectivity index (χ4v) is 2.51. The van der Waals surface area contributed by atoms with Gasteiger partial charge in [0.05, 0.1) is 5.02 Å². The molecule has 0 saturated heterocycles. The van der Waals surface area contributed by atoms with E-state index in [4.69, 9.17) is 28.9 Å². The topological polar surface area (TPSA) is 43.8 Å². The van der Waals surface area contributed by atoms with E-state index in [-0.39, 0.29) is 22.8 Å². The van der Waals surface area contributed by atoms with Gasteiger partial charge < -0.3 is 5.73 Å². The minimum absolute atomic E-state index is 0.00267. The number of aromatic nitrogens is 2. The summed E-state index contributed by atoms with van der Waals surface area (Å²) in [5.41, 5.74) is 4.18. The Morgan fingerprint density at radius 1 is 1.29 bits per heavy atom. The average Bonchev–Trinajstić information content (AvgIpc) is 2.64. The Kier molecular flexibility index (Phi) is 4.19. The third-order valence-corrected chi connectivity index (χ3v) is 3.58. The van der Waals surface area contributed by atoms with Crippen LogP contribution in [-0.4, -0.2) is 9.78 Å². The van der Waals surface area contributed by atoms with Crippen molar-refractivity contribution in [3.05, 3.63) is 39.3 Å². The van der Waals surface area contributed by atoms with Gasteiger partial charge in [0.1, 0.15) is 11.5 Å². The molecular weight excluding hydrogens is 333 g/mol. The van der Waals surface area contributed by atoms with Crippen molar-refractivity contribution < 1.29 is 17.6 Å². The maximum absolute atomic E-state index is 14.0. The number of hydrogen-bond donors (Lipinski definition) is 1. The van der Waals surface area contributed by atoms with Crippen molar-refractivity contribution >= 4 is 23.2 Å². The quantitative estimate of drug-likeness (QED) is 0.838. The lowest BCUT2D eigenvalue weighted by Gasteiger charge is -2.07. The highest BCUT2D eigenvalue weighted by Gasteiger charge is 2.39. The third kappa shape index (κ3) is 2.86. The number of rotatable bonds is 2. The number of nitrogens with two attached hydrogens (primary N) is 1. The van der Waals surface area contributed by atoms with Gasteiger partial charge in [-0.3, -0.25) is 4.68 Å². The monoisotopic (exact) mass is 341 g/mol. The van der Waals surface area contributed by atoms with Crippen LogP contribution in [0.15, 0.2) is 12.1 Å². The SMILES string of the molecule is Cn1nc(-c2cc(CN)c(Cl)cc2F)c(Cl)c1C(F)(F)F. The molecular formula is C12H9Cl2F4N3. The minimum Gasteiger partial charge on any atom is -0.326 e. The lowest BCUT2D eigenvalue weighted by atomic mass is 10.1. The van der Waals surface area contributed by atoms with Gasteiger partial charge >= 0.3 is 6.18 Å². The first-order valence-corrected chi connectivity index (χ1v) is 6.40. The normalized spacial score (nSPS) is 12.0. The van der Waals surface area contributed by atoms with Crippen molar-refractivity contribution in [2.75, 3.05) is 0 Å². The molecule has 0 atom stereocenters. The summed E-state index contributed by atoms with van der Waals surface area (Å²) in [6.45, 7) is 0.00267. The number of hydrogen-bond acceptors (Lipinski definition) is 2. The molecule has 0 aliphatic carbocycles.